The van der Waals surface area contributed by atoms with E-state index in [0.717, 1.165) is 10.4 Å². The number of hydrogen-bond donors (Lipinski definition) is 1. The van der Waals surface area contributed by atoms with Gasteiger partial charge in [-0.15, -0.1) is 11.3 Å². The predicted molar refractivity (Wildman–Crippen MR) is 68.1 cm³/mol. The van der Waals surface area contributed by atoms with Crippen LogP contribution in [0.1, 0.15) is 15.2 Å². The highest BCUT2D eigenvalue weighted by Crippen LogP contribution is 2.32. The molecule has 0 aliphatic heterocycles. The maximum absolute atomic E-state index is 11.1. The minimum Gasteiger partial charge on any atom is -0.478 e. The standard InChI is InChI=1S/C12H9NO4S/c1-7-9(4-5-18-7)11-6-8(13(16)17)2-3-10(11)12(14)15/h2-6H,1H3,(H,14,15). The molecule has 0 radical (unpaired) electrons. The number of nitro groups is 1. The lowest BCUT2D eigenvalue weighted by atomic mass is 10.00. The van der Waals surface area contributed by atoms with E-state index in [2.05, 4.69) is 0 Å². The number of aryl methyl sites for hydroxylation is 1. The number of carboxylic acid groups (broad SMARTS) is 1. The van der Waals surface area contributed by atoms with E-state index in [1.165, 1.54) is 29.5 Å². The Morgan fingerprint density at radius 2 is 2.06 bits per heavy atom. The molecule has 0 aliphatic rings. The number of rotatable bonds is 3. The topological polar surface area (TPSA) is 80.4 Å². The molecule has 1 aromatic carbocycles. The molecule has 1 N–H and O–H groups in total. The Kier molecular flexibility index (Phi) is 3.12. The number of nitrogens with zero attached hydrogens (tertiary/aromatic N) is 1. The highest BCUT2D eigenvalue weighted by molar-refractivity contribution is 7.10. The van der Waals surface area contributed by atoms with Gasteiger partial charge in [0.05, 0.1) is 10.5 Å². The van der Waals surface area contributed by atoms with Crippen molar-refractivity contribution in [3.63, 3.8) is 0 Å². The highest BCUT2D eigenvalue weighted by Gasteiger charge is 2.18. The number of carboxylic acids is 1. The maximum Gasteiger partial charge on any atom is 0.336 e. The number of carbonyl (C=O) groups is 1. The van der Waals surface area contributed by atoms with E-state index in [1.54, 1.807) is 6.07 Å². The van der Waals surface area contributed by atoms with Gasteiger partial charge in [0.1, 0.15) is 0 Å². The van der Waals surface area contributed by atoms with Crippen LogP contribution in [0.25, 0.3) is 11.1 Å². The first kappa shape index (κ1) is 12.3. The van der Waals surface area contributed by atoms with E-state index in [0.29, 0.717) is 5.56 Å². The number of benzene rings is 1. The molecule has 2 aromatic rings. The van der Waals surface area contributed by atoms with Gasteiger partial charge in [-0.2, -0.15) is 0 Å². The van der Waals surface area contributed by atoms with Crippen molar-refractivity contribution in [3.05, 3.63) is 50.2 Å². The quantitative estimate of drug-likeness (QED) is 0.680. The zero-order valence-corrected chi connectivity index (χ0v) is 10.2. The van der Waals surface area contributed by atoms with Crippen molar-refractivity contribution < 1.29 is 14.8 Å². The van der Waals surface area contributed by atoms with Crippen LogP contribution >= 0.6 is 11.3 Å². The molecule has 1 heterocycles. The second-order valence-corrected chi connectivity index (χ2v) is 4.80. The molecule has 0 amide bonds. The second-order valence-electron chi connectivity index (χ2n) is 3.68. The third-order valence-corrected chi connectivity index (χ3v) is 3.44. The first-order valence-corrected chi connectivity index (χ1v) is 5.95. The Hall–Kier alpha value is -2.21. The SMILES string of the molecule is Cc1sccc1-c1cc([N+](=O)[O-])ccc1C(=O)O. The lowest BCUT2D eigenvalue weighted by Gasteiger charge is -2.05. The summed E-state index contributed by atoms with van der Waals surface area (Å²) >= 11 is 1.47. The minimum absolute atomic E-state index is 0.0714. The Morgan fingerprint density at radius 1 is 1.33 bits per heavy atom. The number of nitro benzene ring substituents is 1. The largest absolute Gasteiger partial charge is 0.478 e. The van der Waals surface area contributed by atoms with E-state index in [-0.39, 0.29) is 11.3 Å². The van der Waals surface area contributed by atoms with Gasteiger partial charge in [-0.3, -0.25) is 10.1 Å². The first-order valence-electron chi connectivity index (χ1n) is 5.07. The molecule has 0 spiro atoms. The molecular weight excluding hydrogens is 254 g/mol. The zero-order valence-electron chi connectivity index (χ0n) is 9.41. The summed E-state index contributed by atoms with van der Waals surface area (Å²) in [6.45, 7) is 1.85. The average molecular weight is 263 g/mol. The van der Waals surface area contributed by atoms with Crippen LogP contribution in [0, 0.1) is 17.0 Å². The van der Waals surface area contributed by atoms with E-state index < -0.39 is 10.9 Å². The van der Waals surface area contributed by atoms with Gasteiger partial charge in [-0.05, 0) is 30.0 Å². The lowest BCUT2D eigenvalue weighted by Crippen LogP contribution is -2.00. The van der Waals surface area contributed by atoms with Crippen LogP contribution in [-0.4, -0.2) is 16.0 Å². The summed E-state index contributed by atoms with van der Waals surface area (Å²) in [6, 6.07) is 5.55. The Balaban J connectivity index is 2.69. The van der Waals surface area contributed by atoms with Crippen molar-refractivity contribution in [2.45, 2.75) is 6.92 Å². The van der Waals surface area contributed by atoms with Crippen molar-refractivity contribution in [2.75, 3.05) is 0 Å². The van der Waals surface area contributed by atoms with Crippen molar-refractivity contribution in [3.8, 4) is 11.1 Å². The van der Waals surface area contributed by atoms with Gasteiger partial charge in [-0.25, -0.2) is 4.79 Å². The van der Waals surface area contributed by atoms with Crippen molar-refractivity contribution in [2.24, 2.45) is 0 Å². The van der Waals surface area contributed by atoms with Crippen LogP contribution in [0.4, 0.5) is 5.69 Å². The monoisotopic (exact) mass is 263 g/mol. The summed E-state index contributed by atoms with van der Waals surface area (Å²) in [7, 11) is 0. The van der Waals surface area contributed by atoms with E-state index >= 15 is 0 Å². The van der Waals surface area contributed by atoms with E-state index in [1.807, 2.05) is 12.3 Å². The van der Waals surface area contributed by atoms with Gasteiger partial charge in [-0.1, -0.05) is 0 Å². The van der Waals surface area contributed by atoms with E-state index in [9.17, 15) is 14.9 Å². The third-order valence-electron chi connectivity index (χ3n) is 2.59. The summed E-state index contributed by atoms with van der Waals surface area (Å²) in [4.78, 5) is 22.3. The van der Waals surface area contributed by atoms with Gasteiger partial charge in [0.2, 0.25) is 0 Å². The summed E-state index contributed by atoms with van der Waals surface area (Å²) in [6.07, 6.45) is 0. The summed E-state index contributed by atoms with van der Waals surface area (Å²) in [5.41, 5.74) is 1.07. The molecule has 18 heavy (non-hydrogen) atoms. The molecule has 0 saturated carbocycles. The summed E-state index contributed by atoms with van der Waals surface area (Å²) in [5.74, 6) is -1.09. The number of thiophene rings is 1. The fraction of sp³-hybridized carbons (Fsp3) is 0.0833. The highest BCUT2D eigenvalue weighted by atomic mass is 32.1. The van der Waals surface area contributed by atoms with Crippen LogP contribution < -0.4 is 0 Å². The van der Waals surface area contributed by atoms with Crippen LogP contribution in [-0.2, 0) is 0 Å². The van der Waals surface area contributed by atoms with Crippen LogP contribution in [0.5, 0.6) is 0 Å². The average Bonchev–Trinajstić information content (AvgIpc) is 2.74. The van der Waals surface area contributed by atoms with Crippen molar-refractivity contribution in [1.29, 1.82) is 0 Å². The molecule has 6 heteroatoms. The van der Waals surface area contributed by atoms with Gasteiger partial charge < -0.3 is 5.11 Å². The molecule has 92 valence electrons. The van der Waals surface area contributed by atoms with Gasteiger partial charge >= 0.3 is 5.97 Å². The van der Waals surface area contributed by atoms with Crippen LogP contribution in [0.3, 0.4) is 0 Å². The Bertz CT molecular complexity index is 633. The van der Waals surface area contributed by atoms with Crippen molar-refractivity contribution in [1.82, 2.24) is 0 Å². The third kappa shape index (κ3) is 2.10. The molecular formula is C12H9NO4S. The van der Waals surface area contributed by atoms with Crippen LogP contribution in [0.15, 0.2) is 29.6 Å². The number of hydrogen-bond acceptors (Lipinski definition) is 4. The van der Waals surface area contributed by atoms with Gasteiger partial charge in [0, 0.05) is 22.6 Å². The number of non-ortho nitro benzene ring substituents is 1. The summed E-state index contributed by atoms with van der Waals surface area (Å²) < 4.78 is 0. The lowest BCUT2D eigenvalue weighted by molar-refractivity contribution is -0.384. The second kappa shape index (κ2) is 4.58. The molecule has 0 fully saturated rings. The Labute approximate surface area is 106 Å². The van der Waals surface area contributed by atoms with E-state index in [4.69, 9.17) is 5.11 Å². The molecule has 2 rings (SSSR count). The fourth-order valence-corrected chi connectivity index (χ4v) is 2.43. The van der Waals surface area contributed by atoms with Gasteiger partial charge in [0.15, 0.2) is 0 Å². The molecule has 0 atom stereocenters. The van der Waals surface area contributed by atoms with Crippen molar-refractivity contribution >= 4 is 23.0 Å². The fourth-order valence-electron chi connectivity index (χ4n) is 1.72. The predicted octanol–water partition coefficient (Wildman–Crippen LogP) is 3.33. The first-order chi connectivity index (χ1) is 8.50. The molecule has 1 aromatic heterocycles. The summed E-state index contributed by atoms with van der Waals surface area (Å²) in [5, 5.41) is 21.7. The zero-order chi connectivity index (χ0) is 13.3. The number of aromatic carboxylic acids is 1. The molecule has 0 unspecified atom stereocenters. The maximum atomic E-state index is 11.1. The van der Waals surface area contributed by atoms with Crippen LogP contribution in [0.2, 0.25) is 0 Å². The molecule has 0 bridgehead atoms. The molecule has 0 saturated heterocycles. The molecule has 0 aliphatic carbocycles. The molecule has 5 nitrogen and oxygen atoms in total. The Morgan fingerprint density at radius 3 is 2.56 bits per heavy atom. The normalized spacial score (nSPS) is 10.3. The smallest absolute Gasteiger partial charge is 0.336 e. The van der Waals surface area contributed by atoms with Gasteiger partial charge in [0.25, 0.3) is 5.69 Å². The minimum atomic E-state index is -1.09.